The third-order valence-corrected chi connectivity index (χ3v) is 1.82. The number of piperidine rings is 1. The van der Waals surface area contributed by atoms with Gasteiger partial charge >= 0.3 is 0 Å². The monoisotopic (exact) mass is 140 g/mol. The lowest BCUT2D eigenvalue weighted by Gasteiger charge is -2.28. The van der Waals surface area contributed by atoms with Crippen LogP contribution in [0.25, 0.3) is 0 Å². The largest absolute Gasteiger partial charge is 0.314 e. The van der Waals surface area contributed by atoms with Crippen molar-refractivity contribution in [2.75, 3.05) is 13.1 Å². The Bertz CT molecular complexity index is 142. The molecule has 0 radical (unpaired) electrons. The van der Waals surface area contributed by atoms with E-state index in [1.54, 1.807) is 0 Å². The molecular formula is C7H12N2O. The van der Waals surface area contributed by atoms with Crippen molar-refractivity contribution in [3.05, 3.63) is 0 Å². The molecule has 0 aliphatic carbocycles. The summed E-state index contributed by atoms with van der Waals surface area (Å²) in [5.41, 5.74) is 0. The van der Waals surface area contributed by atoms with Gasteiger partial charge in [0.2, 0.25) is 0 Å². The highest BCUT2D eigenvalue weighted by Crippen LogP contribution is 2.18. The summed E-state index contributed by atoms with van der Waals surface area (Å²) in [6.07, 6.45) is 0.924. The number of nitrogens with zero attached hydrogens (tertiary/aromatic N) is 2. The van der Waals surface area contributed by atoms with Gasteiger partial charge in [0.1, 0.15) is 0 Å². The highest BCUT2D eigenvalue weighted by atomic mass is 16.5. The molecule has 3 nitrogen and oxygen atoms in total. The van der Waals surface area contributed by atoms with Gasteiger partial charge in [0.25, 0.3) is 0 Å². The fourth-order valence-electron chi connectivity index (χ4n) is 1.42. The van der Waals surface area contributed by atoms with E-state index in [0.29, 0.717) is 19.0 Å². The van der Waals surface area contributed by atoms with Gasteiger partial charge in [0, 0.05) is 13.1 Å². The maximum absolute atomic E-state index is 9.06. The van der Waals surface area contributed by atoms with Crippen LogP contribution in [0.4, 0.5) is 0 Å². The molecule has 0 saturated carbocycles. The predicted molar refractivity (Wildman–Crippen MR) is 36.2 cm³/mol. The third-order valence-electron chi connectivity index (χ3n) is 1.82. The molecule has 10 heavy (non-hydrogen) atoms. The lowest BCUT2D eigenvalue weighted by molar-refractivity contribution is -0.124. The average Bonchev–Trinajstić information content (AvgIpc) is 1.85. The number of hydroxylamine groups is 2. The number of rotatable bonds is 0. The summed E-state index contributed by atoms with van der Waals surface area (Å²) < 4.78 is 0. The van der Waals surface area contributed by atoms with E-state index in [9.17, 15) is 0 Å². The SMILES string of the molecule is C[C@@H]1C[C@H](C#N)CN(O)C1. The van der Waals surface area contributed by atoms with E-state index in [4.69, 9.17) is 10.5 Å². The van der Waals surface area contributed by atoms with E-state index in [1.807, 2.05) is 6.92 Å². The average molecular weight is 140 g/mol. The van der Waals surface area contributed by atoms with Crippen LogP contribution in [0.3, 0.4) is 0 Å². The quantitative estimate of drug-likeness (QED) is 0.542. The molecule has 0 aromatic heterocycles. The van der Waals surface area contributed by atoms with E-state index in [0.717, 1.165) is 6.42 Å². The maximum Gasteiger partial charge on any atom is 0.0670 e. The fourth-order valence-corrected chi connectivity index (χ4v) is 1.42. The van der Waals surface area contributed by atoms with Crippen LogP contribution in [0, 0.1) is 23.2 Å². The molecule has 0 aromatic rings. The van der Waals surface area contributed by atoms with E-state index in [-0.39, 0.29) is 5.92 Å². The van der Waals surface area contributed by atoms with Crippen LogP contribution >= 0.6 is 0 Å². The first-order valence-corrected chi connectivity index (χ1v) is 3.56. The van der Waals surface area contributed by atoms with Crippen LogP contribution in [0.2, 0.25) is 0 Å². The van der Waals surface area contributed by atoms with Crippen LogP contribution < -0.4 is 0 Å². The van der Waals surface area contributed by atoms with Crippen LogP contribution in [0.15, 0.2) is 0 Å². The first-order chi connectivity index (χ1) is 4.72. The van der Waals surface area contributed by atoms with Gasteiger partial charge in [-0.3, -0.25) is 0 Å². The van der Waals surface area contributed by atoms with E-state index in [1.165, 1.54) is 5.06 Å². The van der Waals surface area contributed by atoms with Crippen LogP contribution in [0.1, 0.15) is 13.3 Å². The molecule has 0 unspecified atom stereocenters. The van der Waals surface area contributed by atoms with Crippen molar-refractivity contribution < 1.29 is 5.21 Å². The standard InChI is InChI=1S/C7H12N2O/c1-6-2-7(3-8)5-9(10)4-6/h6-7,10H,2,4-5H2,1H3/t6-,7-/m1/s1. The van der Waals surface area contributed by atoms with Crippen LogP contribution in [-0.2, 0) is 0 Å². The van der Waals surface area contributed by atoms with E-state index in [2.05, 4.69) is 6.07 Å². The summed E-state index contributed by atoms with van der Waals surface area (Å²) in [4.78, 5) is 0. The zero-order valence-electron chi connectivity index (χ0n) is 6.12. The van der Waals surface area contributed by atoms with Crippen molar-refractivity contribution in [1.29, 1.82) is 5.26 Å². The number of hydrogen-bond donors (Lipinski definition) is 1. The van der Waals surface area contributed by atoms with Crippen molar-refractivity contribution in [1.82, 2.24) is 5.06 Å². The molecule has 1 heterocycles. The zero-order valence-corrected chi connectivity index (χ0v) is 6.12. The molecule has 0 spiro atoms. The van der Waals surface area contributed by atoms with Crippen molar-refractivity contribution in [2.24, 2.45) is 11.8 Å². The summed E-state index contributed by atoms with van der Waals surface area (Å²) in [6.45, 7) is 3.27. The van der Waals surface area contributed by atoms with Gasteiger partial charge in [0.15, 0.2) is 0 Å². The topological polar surface area (TPSA) is 47.3 Å². The van der Waals surface area contributed by atoms with Crippen molar-refractivity contribution in [2.45, 2.75) is 13.3 Å². The summed E-state index contributed by atoms with van der Waals surface area (Å²) in [5, 5.41) is 18.8. The van der Waals surface area contributed by atoms with Gasteiger partial charge in [-0.15, -0.1) is 0 Å². The molecule has 56 valence electrons. The minimum Gasteiger partial charge on any atom is -0.314 e. The predicted octanol–water partition coefficient (Wildman–Crippen LogP) is 0.857. The molecule has 0 aromatic carbocycles. The van der Waals surface area contributed by atoms with E-state index < -0.39 is 0 Å². The highest BCUT2D eigenvalue weighted by Gasteiger charge is 2.22. The molecule has 1 saturated heterocycles. The maximum atomic E-state index is 9.06. The van der Waals surface area contributed by atoms with Gasteiger partial charge in [-0.05, 0) is 12.3 Å². The van der Waals surface area contributed by atoms with Gasteiger partial charge < -0.3 is 5.21 Å². The summed E-state index contributed by atoms with van der Waals surface area (Å²) >= 11 is 0. The third kappa shape index (κ3) is 1.69. The lowest BCUT2D eigenvalue weighted by atomic mass is 9.93. The van der Waals surface area contributed by atoms with E-state index >= 15 is 0 Å². The van der Waals surface area contributed by atoms with Gasteiger partial charge in [-0.1, -0.05) is 6.92 Å². The Morgan fingerprint density at radius 2 is 2.30 bits per heavy atom. The van der Waals surface area contributed by atoms with Crippen LogP contribution in [0.5, 0.6) is 0 Å². The second-order valence-electron chi connectivity index (χ2n) is 3.04. The van der Waals surface area contributed by atoms with Crippen molar-refractivity contribution >= 4 is 0 Å². The summed E-state index contributed by atoms with van der Waals surface area (Å²) in [5.74, 6) is 0.470. The molecule has 3 heteroatoms. The van der Waals surface area contributed by atoms with Gasteiger partial charge in [-0.2, -0.15) is 10.3 Å². The molecule has 0 amide bonds. The minimum absolute atomic E-state index is 0.0220. The second-order valence-corrected chi connectivity index (χ2v) is 3.04. The first kappa shape index (κ1) is 7.52. The van der Waals surface area contributed by atoms with Gasteiger partial charge in [-0.25, -0.2) is 0 Å². The number of hydrogen-bond acceptors (Lipinski definition) is 3. The Hall–Kier alpha value is -0.590. The summed E-state index contributed by atoms with van der Waals surface area (Å²) in [7, 11) is 0. The number of nitriles is 1. The lowest BCUT2D eigenvalue weighted by Crippen LogP contribution is -2.36. The van der Waals surface area contributed by atoms with Crippen molar-refractivity contribution in [3.8, 4) is 6.07 Å². The molecule has 2 atom stereocenters. The zero-order chi connectivity index (χ0) is 7.56. The molecule has 1 N–H and O–H groups in total. The second kappa shape index (κ2) is 3.00. The summed E-state index contributed by atoms with van der Waals surface area (Å²) in [6, 6.07) is 2.16. The first-order valence-electron chi connectivity index (χ1n) is 3.56. The Morgan fingerprint density at radius 3 is 2.80 bits per heavy atom. The minimum atomic E-state index is 0.0220. The van der Waals surface area contributed by atoms with Gasteiger partial charge in [0.05, 0.1) is 12.0 Å². The Morgan fingerprint density at radius 1 is 1.60 bits per heavy atom. The highest BCUT2D eigenvalue weighted by molar-refractivity contribution is 4.88. The smallest absolute Gasteiger partial charge is 0.0670 e. The van der Waals surface area contributed by atoms with Crippen molar-refractivity contribution in [3.63, 3.8) is 0 Å². The molecular weight excluding hydrogens is 128 g/mol. The fraction of sp³-hybridized carbons (Fsp3) is 0.857. The molecule has 1 aliphatic heterocycles. The van der Waals surface area contributed by atoms with Crippen LogP contribution in [-0.4, -0.2) is 23.4 Å². The Kier molecular flexibility index (Phi) is 2.25. The molecule has 0 bridgehead atoms. The Labute approximate surface area is 60.8 Å². The Balaban J connectivity index is 2.44. The normalized spacial score (nSPS) is 35.3. The molecule has 1 fully saturated rings. The molecule has 1 rings (SSSR count). The molecule has 1 aliphatic rings.